The largest absolute Gasteiger partial charge is 0.299 e. The summed E-state index contributed by atoms with van der Waals surface area (Å²) in [7, 11) is 0. The minimum Gasteiger partial charge on any atom is -0.299 e. The van der Waals surface area contributed by atoms with Gasteiger partial charge in [0.15, 0.2) is 0 Å². The quantitative estimate of drug-likeness (QED) is 0.609. The van der Waals surface area contributed by atoms with Crippen LogP contribution in [0, 0.1) is 5.92 Å². The zero-order chi connectivity index (χ0) is 9.80. The van der Waals surface area contributed by atoms with E-state index in [0.29, 0.717) is 0 Å². The SMILES string of the molecule is CC1=CCN(CC2CCCCC2)CC1. The molecule has 2 rings (SSSR count). The van der Waals surface area contributed by atoms with Gasteiger partial charge < -0.3 is 0 Å². The van der Waals surface area contributed by atoms with Crippen molar-refractivity contribution in [3.05, 3.63) is 11.6 Å². The second-order valence-corrected chi connectivity index (χ2v) is 5.06. The second-order valence-electron chi connectivity index (χ2n) is 5.06. The summed E-state index contributed by atoms with van der Waals surface area (Å²) in [5, 5.41) is 0. The molecule has 1 heterocycles. The average molecular weight is 193 g/mol. The van der Waals surface area contributed by atoms with Crippen molar-refractivity contribution >= 4 is 0 Å². The van der Waals surface area contributed by atoms with Crippen LogP contribution >= 0.6 is 0 Å². The molecule has 1 saturated carbocycles. The molecule has 0 aromatic heterocycles. The van der Waals surface area contributed by atoms with Gasteiger partial charge in [-0.3, -0.25) is 4.90 Å². The Morgan fingerprint density at radius 3 is 2.71 bits per heavy atom. The van der Waals surface area contributed by atoms with E-state index in [4.69, 9.17) is 0 Å². The minimum absolute atomic E-state index is 1.01. The molecule has 1 heteroatoms. The number of hydrogen-bond acceptors (Lipinski definition) is 1. The Kier molecular flexibility index (Phi) is 3.63. The lowest BCUT2D eigenvalue weighted by molar-refractivity contribution is 0.212. The summed E-state index contributed by atoms with van der Waals surface area (Å²) < 4.78 is 0. The summed E-state index contributed by atoms with van der Waals surface area (Å²) in [6.45, 7) is 6.14. The van der Waals surface area contributed by atoms with E-state index in [1.165, 1.54) is 58.2 Å². The Morgan fingerprint density at radius 1 is 1.29 bits per heavy atom. The molecule has 0 saturated heterocycles. The van der Waals surface area contributed by atoms with Crippen molar-refractivity contribution in [2.75, 3.05) is 19.6 Å². The number of rotatable bonds is 2. The Labute approximate surface area is 88.2 Å². The van der Waals surface area contributed by atoms with Gasteiger partial charge in [0, 0.05) is 19.6 Å². The van der Waals surface area contributed by atoms with Crippen LogP contribution in [-0.2, 0) is 0 Å². The third kappa shape index (κ3) is 2.84. The summed E-state index contributed by atoms with van der Waals surface area (Å²) in [6.07, 6.45) is 11.1. The number of nitrogens with zero attached hydrogens (tertiary/aromatic N) is 1. The van der Waals surface area contributed by atoms with Crippen LogP contribution in [0.1, 0.15) is 45.4 Å². The smallest absolute Gasteiger partial charge is 0.0165 e. The molecule has 1 aliphatic carbocycles. The molecule has 2 aliphatic rings. The van der Waals surface area contributed by atoms with Crippen LogP contribution in [0.4, 0.5) is 0 Å². The topological polar surface area (TPSA) is 3.24 Å². The fourth-order valence-electron chi connectivity index (χ4n) is 2.71. The summed E-state index contributed by atoms with van der Waals surface area (Å²) in [4.78, 5) is 2.64. The molecule has 1 aliphatic heterocycles. The first-order valence-electron chi connectivity index (χ1n) is 6.22. The van der Waals surface area contributed by atoms with Gasteiger partial charge >= 0.3 is 0 Å². The normalized spacial score (nSPS) is 26.2. The van der Waals surface area contributed by atoms with E-state index < -0.39 is 0 Å². The molecule has 0 unspecified atom stereocenters. The molecule has 0 amide bonds. The van der Waals surface area contributed by atoms with Crippen molar-refractivity contribution in [1.29, 1.82) is 0 Å². The molecule has 0 aromatic carbocycles. The predicted octanol–water partition coefficient (Wildman–Crippen LogP) is 3.22. The van der Waals surface area contributed by atoms with Gasteiger partial charge in [-0.15, -0.1) is 0 Å². The van der Waals surface area contributed by atoms with Crippen LogP contribution in [0.2, 0.25) is 0 Å². The molecule has 0 N–H and O–H groups in total. The minimum atomic E-state index is 1.01. The van der Waals surface area contributed by atoms with Gasteiger partial charge in [0.2, 0.25) is 0 Å². The van der Waals surface area contributed by atoms with Crippen LogP contribution in [0.3, 0.4) is 0 Å². The molecule has 0 bridgehead atoms. The van der Waals surface area contributed by atoms with Crippen LogP contribution in [-0.4, -0.2) is 24.5 Å². The monoisotopic (exact) mass is 193 g/mol. The average Bonchev–Trinajstić information content (AvgIpc) is 2.23. The van der Waals surface area contributed by atoms with Gasteiger partial charge in [0.1, 0.15) is 0 Å². The fourth-order valence-corrected chi connectivity index (χ4v) is 2.71. The first kappa shape index (κ1) is 10.2. The predicted molar refractivity (Wildman–Crippen MR) is 61.4 cm³/mol. The van der Waals surface area contributed by atoms with E-state index in [9.17, 15) is 0 Å². The zero-order valence-corrected chi connectivity index (χ0v) is 9.47. The highest BCUT2D eigenvalue weighted by molar-refractivity contribution is 5.03. The van der Waals surface area contributed by atoms with Crippen molar-refractivity contribution in [1.82, 2.24) is 4.90 Å². The molecular weight excluding hydrogens is 170 g/mol. The van der Waals surface area contributed by atoms with E-state index >= 15 is 0 Å². The van der Waals surface area contributed by atoms with Gasteiger partial charge in [-0.25, -0.2) is 0 Å². The maximum absolute atomic E-state index is 2.64. The molecule has 1 fully saturated rings. The molecule has 1 nitrogen and oxygen atoms in total. The molecular formula is C13H23N. The van der Waals surface area contributed by atoms with Crippen molar-refractivity contribution < 1.29 is 0 Å². The van der Waals surface area contributed by atoms with Crippen molar-refractivity contribution in [2.45, 2.75) is 45.4 Å². The summed E-state index contributed by atoms with van der Waals surface area (Å²) >= 11 is 0. The standard InChI is InChI=1S/C13H23N/c1-12-7-9-14(10-8-12)11-13-5-3-2-4-6-13/h7,13H,2-6,8-11H2,1H3. The molecule has 80 valence electrons. The lowest BCUT2D eigenvalue weighted by atomic mass is 9.88. The van der Waals surface area contributed by atoms with Gasteiger partial charge in [0.25, 0.3) is 0 Å². The second kappa shape index (κ2) is 4.97. The lowest BCUT2D eigenvalue weighted by Crippen LogP contribution is -2.33. The van der Waals surface area contributed by atoms with Crippen LogP contribution in [0.15, 0.2) is 11.6 Å². The van der Waals surface area contributed by atoms with E-state index in [1.54, 1.807) is 5.57 Å². The van der Waals surface area contributed by atoms with Crippen molar-refractivity contribution in [2.24, 2.45) is 5.92 Å². The van der Waals surface area contributed by atoms with E-state index in [0.717, 1.165) is 5.92 Å². The molecule has 0 atom stereocenters. The summed E-state index contributed by atoms with van der Waals surface area (Å²) in [5.74, 6) is 1.01. The summed E-state index contributed by atoms with van der Waals surface area (Å²) in [5.41, 5.74) is 1.59. The highest BCUT2D eigenvalue weighted by atomic mass is 15.1. The summed E-state index contributed by atoms with van der Waals surface area (Å²) in [6, 6.07) is 0. The third-order valence-electron chi connectivity index (χ3n) is 3.76. The highest BCUT2D eigenvalue weighted by Gasteiger charge is 2.17. The Morgan fingerprint density at radius 2 is 2.07 bits per heavy atom. The Balaban J connectivity index is 1.74. The maximum Gasteiger partial charge on any atom is 0.0165 e. The maximum atomic E-state index is 2.64. The molecule has 0 spiro atoms. The zero-order valence-electron chi connectivity index (χ0n) is 9.47. The molecule has 0 radical (unpaired) electrons. The van der Waals surface area contributed by atoms with Crippen molar-refractivity contribution in [3.8, 4) is 0 Å². The Hall–Kier alpha value is -0.300. The van der Waals surface area contributed by atoms with Gasteiger partial charge in [-0.2, -0.15) is 0 Å². The lowest BCUT2D eigenvalue weighted by Gasteiger charge is -2.31. The van der Waals surface area contributed by atoms with Crippen LogP contribution in [0.5, 0.6) is 0 Å². The van der Waals surface area contributed by atoms with E-state index in [1.807, 2.05) is 0 Å². The van der Waals surface area contributed by atoms with Crippen molar-refractivity contribution in [3.63, 3.8) is 0 Å². The molecule has 0 aromatic rings. The fraction of sp³-hybridized carbons (Fsp3) is 0.846. The molecule has 14 heavy (non-hydrogen) atoms. The van der Waals surface area contributed by atoms with Crippen LogP contribution < -0.4 is 0 Å². The number of hydrogen-bond donors (Lipinski definition) is 0. The van der Waals surface area contributed by atoms with E-state index in [2.05, 4.69) is 17.9 Å². The third-order valence-corrected chi connectivity index (χ3v) is 3.76. The van der Waals surface area contributed by atoms with Gasteiger partial charge in [-0.1, -0.05) is 30.9 Å². The van der Waals surface area contributed by atoms with Gasteiger partial charge in [0.05, 0.1) is 0 Å². The van der Waals surface area contributed by atoms with E-state index in [-0.39, 0.29) is 0 Å². The van der Waals surface area contributed by atoms with Gasteiger partial charge in [-0.05, 0) is 32.1 Å². The highest BCUT2D eigenvalue weighted by Crippen LogP contribution is 2.25. The van der Waals surface area contributed by atoms with Crippen LogP contribution in [0.25, 0.3) is 0 Å². The first-order valence-corrected chi connectivity index (χ1v) is 6.22. The Bertz CT molecular complexity index is 201. The first-order chi connectivity index (χ1) is 6.84.